The minimum absolute atomic E-state index is 0.0254. The lowest BCUT2D eigenvalue weighted by Gasteiger charge is -2.11. The summed E-state index contributed by atoms with van der Waals surface area (Å²) in [5, 5.41) is 39.8. The van der Waals surface area contributed by atoms with Gasteiger partial charge < -0.3 is 20.4 Å². The van der Waals surface area contributed by atoms with Crippen molar-refractivity contribution in [2.45, 2.75) is 186 Å². The Morgan fingerprint density at radius 3 is 1.02 bits per heavy atom. The van der Waals surface area contributed by atoms with Crippen LogP contribution in [0.1, 0.15) is 162 Å². The van der Waals surface area contributed by atoms with Gasteiger partial charge in [0.1, 0.15) is 23.1 Å². The second-order valence-electron chi connectivity index (χ2n) is 12.0. The first-order valence-corrected chi connectivity index (χ1v) is 16.3. The summed E-state index contributed by atoms with van der Waals surface area (Å²) >= 11 is 0. The number of unbranched alkanes of at least 4 members (excludes halogenated alkanes) is 8. The molecule has 41 heavy (non-hydrogen) atoms. The highest BCUT2D eigenvalue weighted by Crippen LogP contribution is 2.15. The van der Waals surface area contributed by atoms with Gasteiger partial charge in [-0.2, -0.15) is 0 Å². The van der Waals surface area contributed by atoms with Crippen molar-refractivity contribution < 1.29 is 39.6 Å². The third-order valence-corrected chi connectivity index (χ3v) is 7.53. The largest absolute Gasteiger partial charge is 0.393 e. The number of aliphatic hydroxyl groups excluding tert-OH is 4. The van der Waals surface area contributed by atoms with Gasteiger partial charge in [-0.15, -0.1) is 0 Å². The fraction of sp³-hybridized carbons (Fsp3) is 0.879. The predicted molar refractivity (Wildman–Crippen MR) is 162 cm³/mol. The van der Waals surface area contributed by atoms with Gasteiger partial charge in [0, 0.05) is 44.9 Å². The lowest BCUT2D eigenvalue weighted by molar-refractivity contribution is -0.122. The van der Waals surface area contributed by atoms with Crippen molar-refractivity contribution in [2.75, 3.05) is 0 Å². The maximum Gasteiger partial charge on any atom is 0.135 e. The minimum Gasteiger partial charge on any atom is -0.393 e. The third-order valence-electron chi connectivity index (χ3n) is 7.53. The van der Waals surface area contributed by atoms with Gasteiger partial charge in [0.05, 0.1) is 24.4 Å². The van der Waals surface area contributed by atoms with E-state index in [4.69, 9.17) is 0 Å². The molecule has 4 atom stereocenters. The van der Waals surface area contributed by atoms with Crippen molar-refractivity contribution in [3.05, 3.63) is 0 Å². The van der Waals surface area contributed by atoms with Gasteiger partial charge in [-0.3, -0.25) is 19.2 Å². The van der Waals surface area contributed by atoms with Gasteiger partial charge in [-0.1, -0.05) is 64.7 Å². The van der Waals surface area contributed by atoms with Crippen LogP contribution in [0.15, 0.2) is 0 Å². The smallest absolute Gasteiger partial charge is 0.135 e. The second-order valence-corrected chi connectivity index (χ2v) is 12.0. The van der Waals surface area contributed by atoms with E-state index in [2.05, 4.69) is 6.92 Å². The van der Waals surface area contributed by atoms with Crippen LogP contribution in [0, 0.1) is 0 Å². The summed E-state index contributed by atoms with van der Waals surface area (Å²) in [4.78, 5) is 47.1. The van der Waals surface area contributed by atoms with E-state index in [0.717, 1.165) is 70.6 Å². The fourth-order valence-electron chi connectivity index (χ4n) is 5.10. The Labute approximate surface area is 248 Å². The van der Waals surface area contributed by atoms with Crippen molar-refractivity contribution in [1.82, 2.24) is 0 Å². The molecule has 0 aromatic rings. The Balaban J connectivity index is 3.70. The molecule has 0 radical (unpaired) electrons. The van der Waals surface area contributed by atoms with Crippen LogP contribution < -0.4 is 0 Å². The van der Waals surface area contributed by atoms with Crippen LogP contribution in [0.3, 0.4) is 0 Å². The average molecular weight is 585 g/mol. The van der Waals surface area contributed by atoms with Gasteiger partial charge in [0.25, 0.3) is 0 Å². The summed E-state index contributed by atoms with van der Waals surface area (Å²) in [6.45, 7) is 3.57. The molecule has 0 unspecified atom stereocenters. The van der Waals surface area contributed by atoms with Gasteiger partial charge in [0.15, 0.2) is 0 Å². The van der Waals surface area contributed by atoms with Crippen molar-refractivity contribution in [2.24, 2.45) is 0 Å². The zero-order valence-corrected chi connectivity index (χ0v) is 26.0. The molecule has 0 saturated carbocycles. The van der Waals surface area contributed by atoms with Crippen molar-refractivity contribution >= 4 is 23.1 Å². The standard InChI is InChI=1S/C33H60O8/c1-3-4-8-15-28(36)23-29(37)18-11-6-12-19-32(40)25-33(41)21-14-7-13-20-31(39)24-30(38)17-10-5-9-16-27(35)22-26(2)34/h27-28,31-32,35-36,39-40H,3-25H2,1-2H3/t27-,28-,31-,32-/m1/s1. The van der Waals surface area contributed by atoms with E-state index in [9.17, 15) is 39.6 Å². The molecule has 0 spiro atoms. The number of hydrogen-bond donors (Lipinski definition) is 4. The second kappa shape index (κ2) is 26.2. The zero-order chi connectivity index (χ0) is 30.9. The number of carbonyl (C=O) groups is 4. The number of carbonyl (C=O) groups excluding carboxylic acids is 4. The highest BCUT2D eigenvalue weighted by molar-refractivity contribution is 5.79. The topological polar surface area (TPSA) is 149 Å². The third kappa shape index (κ3) is 27.1. The number of ketones is 4. The fourth-order valence-corrected chi connectivity index (χ4v) is 5.10. The van der Waals surface area contributed by atoms with Crippen LogP contribution in [-0.2, 0) is 19.2 Å². The summed E-state index contributed by atoms with van der Waals surface area (Å²) in [6, 6.07) is 0. The van der Waals surface area contributed by atoms with Crippen LogP contribution in [0.25, 0.3) is 0 Å². The molecule has 0 aliphatic carbocycles. The highest BCUT2D eigenvalue weighted by Gasteiger charge is 2.14. The van der Waals surface area contributed by atoms with Crippen LogP contribution >= 0.6 is 0 Å². The average Bonchev–Trinajstić information content (AvgIpc) is 2.87. The monoisotopic (exact) mass is 584 g/mol. The molecule has 0 saturated heterocycles. The quantitative estimate of drug-likeness (QED) is 0.0784. The SMILES string of the molecule is CCCCC[C@@H](O)CC(=O)CCCCC[C@@H](O)CC(=O)CCCCC[C@@H](O)CC(=O)CCCCC[C@@H](O)CC(C)=O. The number of rotatable bonds is 30. The minimum atomic E-state index is -0.663. The molecule has 0 aliphatic rings. The Morgan fingerprint density at radius 1 is 0.439 bits per heavy atom. The molecule has 0 aromatic carbocycles. The van der Waals surface area contributed by atoms with E-state index in [1.54, 1.807) is 0 Å². The first-order valence-electron chi connectivity index (χ1n) is 16.3. The summed E-state index contributed by atoms with van der Waals surface area (Å²) < 4.78 is 0. The maximum atomic E-state index is 12.2. The van der Waals surface area contributed by atoms with Crippen molar-refractivity contribution in [1.29, 1.82) is 0 Å². The molecular weight excluding hydrogens is 524 g/mol. The Hall–Kier alpha value is -1.48. The van der Waals surface area contributed by atoms with Crippen molar-refractivity contribution in [3.8, 4) is 0 Å². The Morgan fingerprint density at radius 2 is 0.732 bits per heavy atom. The van der Waals surface area contributed by atoms with E-state index >= 15 is 0 Å². The summed E-state index contributed by atoms with van der Waals surface area (Å²) in [6.07, 6.45) is 11.8. The molecule has 8 nitrogen and oxygen atoms in total. The van der Waals surface area contributed by atoms with E-state index in [1.165, 1.54) is 6.92 Å². The molecule has 0 amide bonds. The van der Waals surface area contributed by atoms with Gasteiger partial charge in [-0.25, -0.2) is 0 Å². The first kappa shape index (κ1) is 39.5. The lowest BCUT2D eigenvalue weighted by atomic mass is 9.99. The van der Waals surface area contributed by atoms with Gasteiger partial charge in [0.2, 0.25) is 0 Å². The summed E-state index contributed by atoms with van der Waals surface area (Å²) in [5.74, 6) is 0.140. The highest BCUT2D eigenvalue weighted by atomic mass is 16.3. The van der Waals surface area contributed by atoms with Gasteiger partial charge >= 0.3 is 0 Å². The van der Waals surface area contributed by atoms with E-state index < -0.39 is 24.4 Å². The van der Waals surface area contributed by atoms with Crippen molar-refractivity contribution in [3.63, 3.8) is 0 Å². The molecule has 0 heterocycles. The van der Waals surface area contributed by atoms with E-state index in [1.807, 2.05) is 0 Å². The normalized spacial score (nSPS) is 14.4. The molecule has 4 N–H and O–H groups in total. The molecule has 240 valence electrons. The molecule has 0 bridgehead atoms. The van der Waals surface area contributed by atoms with Crippen LogP contribution in [0.4, 0.5) is 0 Å². The van der Waals surface area contributed by atoms with E-state index in [-0.39, 0.29) is 48.8 Å². The molecule has 0 fully saturated rings. The first-order chi connectivity index (χ1) is 19.5. The van der Waals surface area contributed by atoms with Crippen LogP contribution in [-0.4, -0.2) is 68.0 Å². The molecule has 0 aliphatic heterocycles. The summed E-state index contributed by atoms with van der Waals surface area (Å²) in [7, 11) is 0. The maximum absolute atomic E-state index is 12.2. The lowest BCUT2D eigenvalue weighted by Crippen LogP contribution is -2.14. The number of Topliss-reactive ketones (excluding diaryl/α,β-unsaturated/α-hetero) is 4. The summed E-state index contributed by atoms with van der Waals surface area (Å²) in [5.41, 5.74) is 0. The van der Waals surface area contributed by atoms with Gasteiger partial charge in [-0.05, 0) is 51.9 Å². The molecule has 0 aromatic heterocycles. The number of hydrogen-bond acceptors (Lipinski definition) is 8. The van der Waals surface area contributed by atoms with Crippen LogP contribution in [0.5, 0.6) is 0 Å². The predicted octanol–water partition coefficient (Wildman–Crippen LogP) is 5.72. The number of aliphatic hydroxyl groups is 4. The molecular formula is C33H60O8. The molecule has 8 heteroatoms. The molecule has 0 rings (SSSR count). The zero-order valence-electron chi connectivity index (χ0n) is 26.0. The van der Waals surface area contributed by atoms with E-state index in [0.29, 0.717) is 51.4 Å². The Bertz CT molecular complexity index is 707. The van der Waals surface area contributed by atoms with Crippen LogP contribution in [0.2, 0.25) is 0 Å². The Kier molecular flexibility index (Phi) is 25.2.